The molecule has 0 aromatic heterocycles. The molecule has 0 radical (unpaired) electrons. The summed E-state index contributed by atoms with van der Waals surface area (Å²) in [5, 5.41) is 26.4. The van der Waals surface area contributed by atoms with Crippen LogP contribution in [0.2, 0.25) is 0 Å². The lowest BCUT2D eigenvalue weighted by Crippen LogP contribution is -2.95. The van der Waals surface area contributed by atoms with Gasteiger partial charge in [0, 0.05) is 6.07 Å². The van der Waals surface area contributed by atoms with Gasteiger partial charge in [-0.3, -0.25) is 10.1 Å². The lowest BCUT2D eigenvalue weighted by Gasteiger charge is -2.27. The van der Waals surface area contributed by atoms with Crippen LogP contribution < -0.4 is 20.4 Å². The molecule has 0 bridgehead atoms. The molecule has 0 saturated heterocycles. The minimum Gasteiger partial charge on any atom is -0.806 e. The van der Waals surface area contributed by atoms with Crippen LogP contribution >= 0.6 is 7.60 Å². The van der Waals surface area contributed by atoms with E-state index >= 15 is 0 Å². The van der Waals surface area contributed by atoms with Crippen molar-refractivity contribution in [2.45, 2.75) is 159 Å². The molecule has 0 spiro atoms. The summed E-state index contributed by atoms with van der Waals surface area (Å²) in [6.45, 7) is -0.658. The van der Waals surface area contributed by atoms with Gasteiger partial charge in [-0.15, -0.1) is 0 Å². The molecule has 0 atom stereocenters. The third kappa shape index (κ3) is 14.2. The van der Waals surface area contributed by atoms with Gasteiger partial charge in [0.1, 0.15) is 6.61 Å². The Kier molecular flexibility index (Phi) is 17.2. The molecule has 4 aliphatic carbocycles. The number of benzene rings is 1. The highest BCUT2D eigenvalue weighted by Gasteiger charge is 2.24. The normalized spacial score (nSPS) is 20.9. The quantitative estimate of drug-likeness (QED) is 0.0883. The topological polar surface area (TPSA) is 198 Å². The Bertz CT molecular complexity index is 1060. The number of quaternary nitrogens is 2. The van der Waals surface area contributed by atoms with Crippen LogP contribution in [0.1, 0.15) is 134 Å². The number of hydrogen-bond acceptors (Lipinski definition) is 9. The number of rotatable bonds is 9. The number of nitro groups is 1. The molecule has 46 heavy (non-hydrogen) atoms. The number of carbonyl (C=O) groups excluding carboxylic acids is 1. The second-order valence-electron chi connectivity index (χ2n) is 13.4. The lowest BCUT2D eigenvalue weighted by molar-refractivity contribution is -0.726. The fraction of sp³-hybridized carbons (Fsp3) is 0.758. The number of ether oxygens (including phenoxy) is 1. The van der Waals surface area contributed by atoms with Crippen molar-refractivity contribution in [1.29, 1.82) is 0 Å². The third-order valence-corrected chi connectivity index (χ3v) is 10.6. The van der Waals surface area contributed by atoms with Gasteiger partial charge >= 0.3 is 5.97 Å². The number of nitrogens with zero attached hydrogens (tertiary/aromatic N) is 2. The molecule has 4 aliphatic rings. The highest BCUT2D eigenvalue weighted by atomic mass is 31.2. The molecule has 4 saturated carbocycles. The fourth-order valence-electron chi connectivity index (χ4n) is 7.30. The number of esters is 1. The van der Waals surface area contributed by atoms with E-state index in [4.69, 9.17) is 5.21 Å². The van der Waals surface area contributed by atoms with Crippen molar-refractivity contribution in [3.05, 3.63) is 39.9 Å². The molecule has 12 nitrogen and oxygen atoms in total. The van der Waals surface area contributed by atoms with E-state index in [0.29, 0.717) is 0 Å². The summed E-state index contributed by atoms with van der Waals surface area (Å²) in [6, 6.07) is 9.23. The maximum Gasteiger partial charge on any atom is 0.361 e. The molecule has 5 N–H and O–H groups in total. The number of nitro benzene ring substituents is 1. The molecule has 13 heteroatoms. The van der Waals surface area contributed by atoms with Crippen molar-refractivity contribution < 1.29 is 44.6 Å². The Morgan fingerprint density at radius 2 is 1.13 bits per heavy atom. The van der Waals surface area contributed by atoms with Crippen LogP contribution in [0.15, 0.2) is 29.4 Å². The zero-order valence-electron chi connectivity index (χ0n) is 27.3. The van der Waals surface area contributed by atoms with E-state index in [1.807, 2.05) is 5.16 Å². The van der Waals surface area contributed by atoms with Crippen molar-refractivity contribution in [3.63, 3.8) is 0 Å². The van der Waals surface area contributed by atoms with E-state index in [9.17, 15) is 29.3 Å². The Hall–Kier alpha value is -2.37. The molecule has 0 amide bonds. The first kappa shape index (κ1) is 38.1. The third-order valence-electron chi connectivity index (χ3n) is 9.77. The average molecular weight is 667 g/mol. The van der Waals surface area contributed by atoms with Gasteiger partial charge in [0.25, 0.3) is 5.69 Å². The van der Waals surface area contributed by atoms with Gasteiger partial charge in [-0.2, -0.15) is 0 Å². The van der Waals surface area contributed by atoms with Gasteiger partial charge in [0.2, 0.25) is 0 Å². The summed E-state index contributed by atoms with van der Waals surface area (Å²) in [7, 11) is -5.59. The zero-order valence-corrected chi connectivity index (χ0v) is 28.2. The molecule has 5 rings (SSSR count). The zero-order chi connectivity index (χ0) is 33.2. The van der Waals surface area contributed by atoms with E-state index in [1.165, 1.54) is 147 Å². The molecule has 0 aliphatic heterocycles. The second-order valence-corrected chi connectivity index (χ2v) is 14.8. The minimum absolute atomic E-state index is 0.0187. The van der Waals surface area contributed by atoms with Gasteiger partial charge in [-0.05, 0) is 116 Å². The van der Waals surface area contributed by atoms with Gasteiger partial charge in [0.05, 0.1) is 34.7 Å². The van der Waals surface area contributed by atoms with Crippen LogP contribution in [0.3, 0.4) is 0 Å². The smallest absolute Gasteiger partial charge is 0.361 e. The van der Waals surface area contributed by atoms with E-state index in [2.05, 4.69) is 15.4 Å². The molecular formula is C33H55N4O8P. The van der Waals surface area contributed by atoms with Gasteiger partial charge in [-0.25, -0.2) is 4.79 Å². The Balaban J connectivity index is 0.000000194. The van der Waals surface area contributed by atoms with Crippen molar-refractivity contribution in [1.82, 2.24) is 0 Å². The Labute approximate surface area is 273 Å². The number of nitrogens with two attached hydrogens (primary N) is 2. The lowest BCUT2D eigenvalue weighted by atomic mass is 9.91. The molecule has 0 unspecified atom stereocenters. The van der Waals surface area contributed by atoms with Crippen molar-refractivity contribution in [2.75, 3.05) is 0 Å². The Morgan fingerprint density at radius 1 is 0.761 bits per heavy atom. The largest absolute Gasteiger partial charge is 0.806 e. The highest BCUT2D eigenvalue weighted by molar-refractivity contribution is 7.71. The standard InChI is InChI=1S/2C12H23N.C9H9N2O8P/c2*1-3-7-11(8-4-1)13-12-9-5-2-6-10-12;12-9(8(10-13)20(16,17)18)19-5-6-3-1-2-4-7(6)11(14)15/h2*11-13H,1-10H2;1-4,13H,5H2,(H2,16,17,18)/b;;10-8+. The monoisotopic (exact) mass is 666 g/mol. The van der Waals surface area contributed by atoms with Crippen molar-refractivity contribution in [3.8, 4) is 0 Å². The number of hydrogen-bond donors (Lipinski definition) is 3. The maximum absolute atomic E-state index is 11.2. The summed E-state index contributed by atoms with van der Waals surface area (Å²) in [6.07, 6.45) is 29.9. The molecule has 260 valence electrons. The van der Waals surface area contributed by atoms with Gasteiger partial charge < -0.3 is 34.9 Å². The average Bonchev–Trinajstić information content (AvgIpc) is 3.06. The predicted octanol–water partition coefficient (Wildman–Crippen LogP) is 3.77. The number of carbonyl (C=O) groups is 1. The predicted molar refractivity (Wildman–Crippen MR) is 171 cm³/mol. The van der Waals surface area contributed by atoms with Crippen LogP contribution in [0.25, 0.3) is 0 Å². The molecule has 4 fully saturated rings. The summed E-state index contributed by atoms with van der Waals surface area (Å²) in [5.74, 6) is -1.70. The summed E-state index contributed by atoms with van der Waals surface area (Å²) in [5.41, 5.74) is -2.07. The summed E-state index contributed by atoms with van der Waals surface area (Å²) in [4.78, 5) is 42.3. The maximum atomic E-state index is 11.2. The van der Waals surface area contributed by atoms with Crippen LogP contribution in [0.4, 0.5) is 5.69 Å². The molecule has 1 aromatic carbocycles. The summed E-state index contributed by atoms with van der Waals surface area (Å²) < 4.78 is 15.0. The first-order chi connectivity index (χ1) is 22.2. The first-order valence-electron chi connectivity index (χ1n) is 17.5. The Morgan fingerprint density at radius 3 is 1.46 bits per heavy atom. The van der Waals surface area contributed by atoms with Crippen molar-refractivity contribution >= 4 is 24.7 Å². The number of para-hydroxylation sites is 1. The van der Waals surface area contributed by atoms with Gasteiger partial charge in [0.15, 0.2) is 5.45 Å². The summed E-state index contributed by atoms with van der Waals surface area (Å²) >= 11 is 0. The molecule has 0 heterocycles. The van der Waals surface area contributed by atoms with E-state index < -0.39 is 30.5 Å². The van der Waals surface area contributed by atoms with E-state index in [1.54, 1.807) is 0 Å². The second kappa shape index (κ2) is 20.8. The van der Waals surface area contributed by atoms with Crippen molar-refractivity contribution in [2.24, 2.45) is 5.16 Å². The first-order valence-corrected chi connectivity index (χ1v) is 19.1. The van der Waals surface area contributed by atoms with Crippen LogP contribution in [0.5, 0.6) is 0 Å². The molecule has 1 aromatic rings. The van der Waals surface area contributed by atoms with Crippen LogP contribution in [-0.2, 0) is 20.7 Å². The van der Waals surface area contributed by atoms with Crippen LogP contribution in [0, 0.1) is 10.1 Å². The van der Waals surface area contributed by atoms with E-state index in [0.717, 1.165) is 30.2 Å². The SMILES string of the molecule is C1CCC([NH2+]C2CCCCC2)CC1.C1CCC([NH2+]C2CCCCC2)CC1.O=C(OCc1ccccc1[N+](=O)[O-])/C(=N\O)P(=O)([O-])[O-]. The van der Waals surface area contributed by atoms with Gasteiger partial charge in [-0.1, -0.05) is 43.0 Å². The minimum atomic E-state index is -5.59. The number of oxime groups is 1. The molecular weight excluding hydrogens is 611 g/mol. The van der Waals surface area contributed by atoms with E-state index in [-0.39, 0.29) is 11.3 Å². The fourth-order valence-corrected chi connectivity index (χ4v) is 7.70. The van der Waals surface area contributed by atoms with Crippen LogP contribution in [-0.4, -0.2) is 45.7 Å². The highest BCUT2D eigenvalue weighted by Crippen LogP contribution is 2.27.